The number of hydrogen-bond donors (Lipinski definition) is 2. The molecule has 3 heteroatoms. The third-order valence-corrected chi connectivity index (χ3v) is 9.06. The molecule has 0 saturated heterocycles. The molecule has 0 aliphatic heterocycles. The van der Waals surface area contributed by atoms with Crippen LogP contribution < -0.4 is 4.74 Å². The van der Waals surface area contributed by atoms with Crippen molar-refractivity contribution in [3.63, 3.8) is 0 Å². The van der Waals surface area contributed by atoms with Crippen LogP contribution in [0.3, 0.4) is 0 Å². The Morgan fingerprint density at radius 2 is 2.00 bits per heavy atom. The van der Waals surface area contributed by atoms with E-state index in [1.165, 1.54) is 16.7 Å². The molecule has 0 spiro atoms. The molecule has 0 aromatic heterocycles. The van der Waals surface area contributed by atoms with Crippen LogP contribution in [-0.2, 0) is 12.8 Å². The van der Waals surface area contributed by atoms with Crippen molar-refractivity contribution in [2.75, 3.05) is 7.11 Å². The lowest BCUT2D eigenvalue weighted by Crippen LogP contribution is -2.44. The van der Waals surface area contributed by atoms with Crippen molar-refractivity contribution in [2.45, 2.75) is 63.9 Å². The zero-order valence-electron chi connectivity index (χ0n) is 19.4. The molecule has 32 heavy (non-hydrogen) atoms. The molecule has 0 heterocycles. The van der Waals surface area contributed by atoms with Crippen molar-refractivity contribution in [1.82, 2.24) is 0 Å². The summed E-state index contributed by atoms with van der Waals surface area (Å²) in [5.74, 6) is 2.82. The molecule has 5 rings (SSSR count). The SMILES string of the molecule is C=CCC1C[C@H]2[C@@H]3CCc4cc(O)c(OC)c(Cc5ccccc5)c4[C@H]3CC[C@]2(C)[C@@H]1O. The van der Waals surface area contributed by atoms with Crippen molar-refractivity contribution in [2.24, 2.45) is 23.2 Å². The Morgan fingerprint density at radius 3 is 2.72 bits per heavy atom. The summed E-state index contributed by atoms with van der Waals surface area (Å²) in [6.45, 7) is 6.27. The van der Waals surface area contributed by atoms with Gasteiger partial charge in [-0.25, -0.2) is 0 Å². The Morgan fingerprint density at radius 1 is 1.22 bits per heavy atom. The second kappa shape index (κ2) is 8.26. The Bertz CT molecular complexity index is 997. The molecule has 3 aliphatic carbocycles. The molecule has 6 atom stereocenters. The highest BCUT2D eigenvalue weighted by atomic mass is 16.5. The number of methoxy groups -OCH3 is 1. The van der Waals surface area contributed by atoms with Gasteiger partial charge in [-0.2, -0.15) is 0 Å². The highest BCUT2D eigenvalue weighted by Crippen LogP contribution is 2.63. The predicted molar refractivity (Wildman–Crippen MR) is 128 cm³/mol. The fourth-order valence-corrected chi connectivity index (χ4v) is 7.61. The van der Waals surface area contributed by atoms with E-state index in [0.29, 0.717) is 29.4 Å². The number of phenols is 1. The third-order valence-electron chi connectivity index (χ3n) is 9.06. The molecule has 2 aromatic rings. The number of ether oxygens (including phenoxy) is 1. The van der Waals surface area contributed by atoms with Crippen molar-refractivity contribution in [1.29, 1.82) is 0 Å². The summed E-state index contributed by atoms with van der Waals surface area (Å²) in [4.78, 5) is 0. The molecule has 0 amide bonds. The van der Waals surface area contributed by atoms with Gasteiger partial charge in [0.15, 0.2) is 11.5 Å². The lowest BCUT2D eigenvalue weighted by Gasteiger charge is -2.50. The first-order valence-electron chi connectivity index (χ1n) is 12.2. The predicted octanol–water partition coefficient (Wildman–Crippen LogP) is 6.01. The summed E-state index contributed by atoms with van der Waals surface area (Å²) >= 11 is 0. The number of phenolic OH excluding ortho intramolecular Hbond substituents is 1. The molecule has 0 bridgehead atoms. The van der Waals surface area contributed by atoms with Crippen molar-refractivity contribution >= 4 is 0 Å². The zero-order chi connectivity index (χ0) is 22.5. The Balaban J connectivity index is 1.57. The fraction of sp³-hybridized carbons (Fsp3) is 0.517. The van der Waals surface area contributed by atoms with Gasteiger partial charge in [0.2, 0.25) is 0 Å². The molecule has 0 radical (unpaired) electrons. The Labute approximate surface area is 192 Å². The quantitative estimate of drug-likeness (QED) is 0.569. The molecule has 3 aliphatic rings. The molecule has 170 valence electrons. The monoisotopic (exact) mass is 432 g/mol. The fourth-order valence-electron chi connectivity index (χ4n) is 7.61. The molecule has 2 aromatic carbocycles. The van der Waals surface area contributed by atoms with Gasteiger partial charge in [-0.3, -0.25) is 0 Å². The molecule has 3 nitrogen and oxygen atoms in total. The van der Waals surface area contributed by atoms with E-state index in [9.17, 15) is 10.2 Å². The lowest BCUT2D eigenvalue weighted by atomic mass is 9.55. The van der Waals surface area contributed by atoms with Gasteiger partial charge < -0.3 is 14.9 Å². The lowest BCUT2D eigenvalue weighted by molar-refractivity contribution is -0.0324. The van der Waals surface area contributed by atoms with Crippen LogP contribution in [0, 0.1) is 23.2 Å². The summed E-state index contributed by atoms with van der Waals surface area (Å²) in [5.41, 5.74) is 5.12. The van der Waals surface area contributed by atoms with Crippen LogP contribution in [0.4, 0.5) is 0 Å². The van der Waals surface area contributed by atoms with Gasteiger partial charge in [-0.15, -0.1) is 6.58 Å². The van der Waals surface area contributed by atoms with Crippen LogP contribution in [0.1, 0.15) is 67.2 Å². The summed E-state index contributed by atoms with van der Waals surface area (Å²) in [5, 5.41) is 22.0. The van der Waals surface area contributed by atoms with Crippen LogP contribution in [0.5, 0.6) is 11.5 Å². The number of aliphatic hydroxyl groups is 1. The summed E-state index contributed by atoms with van der Waals surface area (Å²) in [7, 11) is 1.67. The summed E-state index contributed by atoms with van der Waals surface area (Å²) < 4.78 is 5.77. The van der Waals surface area contributed by atoms with Gasteiger partial charge >= 0.3 is 0 Å². The van der Waals surface area contributed by atoms with E-state index in [2.05, 4.69) is 37.8 Å². The molecule has 2 saturated carbocycles. The number of aliphatic hydroxyl groups excluding tert-OH is 1. The first-order valence-corrected chi connectivity index (χ1v) is 12.2. The van der Waals surface area contributed by atoms with Gasteiger partial charge in [0, 0.05) is 12.0 Å². The second-order valence-electron chi connectivity index (χ2n) is 10.6. The van der Waals surface area contributed by atoms with Gasteiger partial charge in [-0.05, 0) is 90.4 Å². The topological polar surface area (TPSA) is 49.7 Å². The normalized spacial score (nSPS) is 33.2. The standard InChI is InChI=1S/C29H36O3/c1-4-8-20-16-24-21-12-11-19-17-25(30)27(32-3)23(15-18-9-6-5-7-10-18)26(19)22(21)13-14-29(24,2)28(20)31/h4-7,9-10,17,20-22,24,28,30-31H,1,8,11-16H2,2-3H3/t20?,21-,22+,24+,28-,29+/m1/s1. The maximum atomic E-state index is 11.2. The van der Waals surface area contributed by atoms with E-state index in [4.69, 9.17) is 4.74 Å². The maximum absolute atomic E-state index is 11.2. The number of rotatable bonds is 5. The van der Waals surface area contributed by atoms with Crippen molar-refractivity contribution in [3.8, 4) is 11.5 Å². The summed E-state index contributed by atoms with van der Waals surface area (Å²) in [6.07, 6.45) is 8.81. The minimum atomic E-state index is -0.231. The first-order chi connectivity index (χ1) is 15.5. The van der Waals surface area contributed by atoms with E-state index >= 15 is 0 Å². The zero-order valence-corrected chi connectivity index (χ0v) is 19.4. The number of hydrogen-bond acceptors (Lipinski definition) is 3. The second-order valence-corrected chi connectivity index (χ2v) is 10.6. The Kier molecular flexibility index (Phi) is 5.57. The highest BCUT2D eigenvalue weighted by Gasteiger charge is 2.57. The molecular formula is C29H36O3. The molecule has 2 fully saturated rings. The number of benzene rings is 2. The van der Waals surface area contributed by atoms with Crippen molar-refractivity contribution in [3.05, 3.63) is 71.3 Å². The van der Waals surface area contributed by atoms with Crippen LogP contribution in [0.2, 0.25) is 0 Å². The van der Waals surface area contributed by atoms with Crippen LogP contribution in [0.15, 0.2) is 49.1 Å². The summed E-state index contributed by atoms with van der Waals surface area (Å²) in [6, 6.07) is 12.5. The van der Waals surface area contributed by atoms with Gasteiger partial charge in [-0.1, -0.05) is 43.3 Å². The first kappa shape index (κ1) is 21.6. The maximum Gasteiger partial charge on any atom is 0.164 e. The average Bonchev–Trinajstić information content (AvgIpc) is 3.05. The molecule has 2 N–H and O–H groups in total. The number of aromatic hydroxyl groups is 1. The molecular weight excluding hydrogens is 396 g/mol. The molecule has 1 unspecified atom stereocenters. The number of fused-ring (bicyclic) bond motifs is 5. The van der Waals surface area contributed by atoms with E-state index in [1.54, 1.807) is 7.11 Å². The number of aryl methyl sites for hydroxylation is 1. The van der Waals surface area contributed by atoms with Crippen LogP contribution in [0.25, 0.3) is 0 Å². The average molecular weight is 433 g/mol. The Hall–Kier alpha value is -2.26. The largest absolute Gasteiger partial charge is 0.504 e. The van der Waals surface area contributed by atoms with E-state index in [-0.39, 0.29) is 17.3 Å². The highest BCUT2D eigenvalue weighted by molar-refractivity contribution is 5.57. The van der Waals surface area contributed by atoms with Crippen LogP contribution >= 0.6 is 0 Å². The van der Waals surface area contributed by atoms with Crippen LogP contribution in [-0.4, -0.2) is 23.4 Å². The smallest absolute Gasteiger partial charge is 0.164 e. The van der Waals surface area contributed by atoms with E-state index in [1.807, 2.05) is 18.2 Å². The third kappa shape index (κ3) is 3.28. The number of allylic oxidation sites excluding steroid dienone is 1. The van der Waals surface area contributed by atoms with Gasteiger partial charge in [0.25, 0.3) is 0 Å². The minimum Gasteiger partial charge on any atom is -0.504 e. The van der Waals surface area contributed by atoms with Gasteiger partial charge in [0.1, 0.15) is 0 Å². The van der Waals surface area contributed by atoms with Gasteiger partial charge in [0.05, 0.1) is 13.2 Å². The minimum absolute atomic E-state index is 0.00689. The van der Waals surface area contributed by atoms with Crippen molar-refractivity contribution < 1.29 is 14.9 Å². The van der Waals surface area contributed by atoms with E-state index < -0.39 is 0 Å². The van der Waals surface area contributed by atoms with E-state index in [0.717, 1.165) is 50.5 Å².